The predicted octanol–water partition coefficient (Wildman–Crippen LogP) is 1.03. The Morgan fingerprint density at radius 1 is 1.50 bits per heavy atom. The van der Waals surface area contributed by atoms with Crippen molar-refractivity contribution in [3.8, 4) is 5.75 Å². The first kappa shape index (κ1) is 13.1. The summed E-state index contributed by atoms with van der Waals surface area (Å²) in [5, 5.41) is 10.8. The van der Waals surface area contributed by atoms with Crippen LogP contribution in [0.3, 0.4) is 0 Å². The number of para-hydroxylation sites is 1. The maximum atomic E-state index is 10.8. The first-order chi connectivity index (χ1) is 9.66. The topological polar surface area (TPSA) is 73.3 Å². The molecule has 1 aromatic carbocycles. The van der Waals surface area contributed by atoms with Gasteiger partial charge in [-0.1, -0.05) is 18.2 Å². The monoisotopic (exact) mass is 273 g/mol. The zero-order chi connectivity index (χ0) is 14.2. The van der Waals surface area contributed by atoms with E-state index in [2.05, 4.69) is 4.98 Å². The minimum absolute atomic E-state index is 0.355. The van der Waals surface area contributed by atoms with Crippen LogP contribution in [-0.2, 0) is 13.5 Å². The van der Waals surface area contributed by atoms with E-state index in [9.17, 15) is 5.11 Å². The molecular weight excluding hydrogens is 254 g/mol. The van der Waals surface area contributed by atoms with Crippen molar-refractivity contribution in [3.05, 3.63) is 48.0 Å². The fourth-order valence-electron chi connectivity index (χ4n) is 2.81. The summed E-state index contributed by atoms with van der Waals surface area (Å²) in [7, 11) is 1.87. The lowest BCUT2D eigenvalue weighted by Gasteiger charge is -2.40. The summed E-state index contributed by atoms with van der Waals surface area (Å²) in [6.07, 6.45) is 3.36. The minimum Gasteiger partial charge on any atom is -0.493 e. The van der Waals surface area contributed by atoms with Crippen LogP contribution >= 0.6 is 0 Å². The van der Waals surface area contributed by atoms with Gasteiger partial charge < -0.3 is 20.1 Å². The molecule has 0 fully saturated rings. The van der Waals surface area contributed by atoms with Crippen molar-refractivity contribution in [3.63, 3.8) is 0 Å². The van der Waals surface area contributed by atoms with Crippen molar-refractivity contribution in [2.75, 3.05) is 13.2 Å². The predicted molar refractivity (Wildman–Crippen MR) is 75.3 cm³/mol. The maximum Gasteiger partial charge on any atom is 0.122 e. The molecule has 0 amide bonds. The number of aliphatic hydroxyl groups excluding tert-OH is 1. The number of fused-ring (bicyclic) bond motifs is 1. The molecular formula is C15H19N3O2. The third-order valence-electron chi connectivity index (χ3n) is 4.15. The molecule has 5 heteroatoms. The van der Waals surface area contributed by atoms with Gasteiger partial charge in [0.25, 0.3) is 0 Å². The van der Waals surface area contributed by atoms with E-state index in [1.807, 2.05) is 35.9 Å². The SMILES string of the molecule is Cn1cncc1C(O)C1(CN)COc2ccccc2C1. The van der Waals surface area contributed by atoms with Crippen molar-refractivity contribution in [2.24, 2.45) is 18.2 Å². The highest BCUT2D eigenvalue weighted by Crippen LogP contribution is 2.42. The summed E-state index contributed by atoms with van der Waals surface area (Å²) in [5.74, 6) is 0.883. The lowest BCUT2D eigenvalue weighted by atomic mass is 9.74. The molecule has 2 heterocycles. The lowest BCUT2D eigenvalue weighted by Crippen LogP contribution is -2.46. The van der Waals surface area contributed by atoms with E-state index < -0.39 is 11.5 Å². The first-order valence-corrected chi connectivity index (χ1v) is 6.71. The summed E-state index contributed by atoms with van der Waals surface area (Å²) in [6.45, 7) is 0.764. The van der Waals surface area contributed by atoms with Crippen LogP contribution in [0.15, 0.2) is 36.8 Å². The molecule has 3 rings (SSSR count). The van der Waals surface area contributed by atoms with Gasteiger partial charge >= 0.3 is 0 Å². The molecule has 1 aromatic heterocycles. The Balaban J connectivity index is 1.96. The number of aryl methyl sites for hydroxylation is 1. The fraction of sp³-hybridized carbons (Fsp3) is 0.400. The van der Waals surface area contributed by atoms with Crippen LogP contribution in [0.4, 0.5) is 0 Å². The number of rotatable bonds is 3. The highest BCUT2D eigenvalue weighted by molar-refractivity contribution is 5.37. The summed E-state index contributed by atoms with van der Waals surface area (Å²) in [5.41, 5.74) is 7.32. The average molecular weight is 273 g/mol. The van der Waals surface area contributed by atoms with E-state index in [-0.39, 0.29) is 0 Å². The number of hydrogen-bond acceptors (Lipinski definition) is 4. The zero-order valence-electron chi connectivity index (χ0n) is 11.5. The molecule has 0 saturated carbocycles. The van der Waals surface area contributed by atoms with Crippen LogP contribution < -0.4 is 10.5 Å². The Kier molecular flexibility index (Phi) is 3.23. The average Bonchev–Trinajstić information content (AvgIpc) is 2.92. The number of aromatic nitrogens is 2. The molecule has 1 aliphatic rings. The molecule has 0 bridgehead atoms. The number of benzene rings is 1. The second kappa shape index (κ2) is 4.92. The Labute approximate surface area is 118 Å². The molecule has 2 aromatic rings. The van der Waals surface area contributed by atoms with Crippen LogP contribution in [0, 0.1) is 5.41 Å². The molecule has 0 aliphatic carbocycles. The fourth-order valence-corrected chi connectivity index (χ4v) is 2.81. The quantitative estimate of drug-likeness (QED) is 0.876. The zero-order valence-corrected chi connectivity index (χ0v) is 11.5. The van der Waals surface area contributed by atoms with Crippen molar-refractivity contribution in [2.45, 2.75) is 12.5 Å². The van der Waals surface area contributed by atoms with E-state index >= 15 is 0 Å². The largest absolute Gasteiger partial charge is 0.493 e. The molecule has 106 valence electrons. The standard InChI is InChI=1S/C15H19N3O2/c1-18-10-17-7-12(18)14(19)15(8-16)6-11-4-2-3-5-13(11)20-9-15/h2-5,7,10,14,19H,6,8-9,16H2,1H3. The second-order valence-corrected chi connectivity index (χ2v) is 5.47. The Morgan fingerprint density at radius 3 is 3.00 bits per heavy atom. The number of imidazole rings is 1. The molecule has 0 saturated heterocycles. The van der Waals surface area contributed by atoms with Crippen LogP contribution in [0.2, 0.25) is 0 Å². The van der Waals surface area contributed by atoms with Gasteiger partial charge in [-0.25, -0.2) is 4.98 Å². The number of nitrogens with zero attached hydrogens (tertiary/aromatic N) is 2. The Hall–Kier alpha value is -1.85. The van der Waals surface area contributed by atoms with Gasteiger partial charge in [0, 0.05) is 13.6 Å². The minimum atomic E-state index is -0.701. The van der Waals surface area contributed by atoms with Crippen LogP contribution in [0.5, 0.6) is 5.75 Å². The molecule has 0 spiro atoms. The Bertz CT molecular complexity index is 611. The van der Waals surface area contributed by atoms with Gasteiger partial charge in [0.2, 0.25) is 0 Å². The summed E-state index contributed by atoms with van der Waals surface area (Å²) in [6, 6.07) is 7.90. The van der Waals surface area contributed by atoms with Gasteiger partial charge in [-0.05, 0) is 18.1 Å². The van der Waals surface area contributed by atoms with Crippen LogP contribution in [-0.4, -0.2) is 27.8 Å². The number of aliphatic hydroxyl groups is 1. The molecule has 3 N–H and O–H groups in total. The van der Waals surface area contributed by atoms with Gasteiger partial charge in [-0.2, -0.15) is 0 Å². The third kappa shape index (κ3) is 1.99. The van der Waals surface area contributed by atoms with Gasteiger partial charge in [0.1, 0.15) is 11.9 Å². The van der Waals surface area contributed by atoms with Gasteiger partial charge in [0.05, 0.1) is 30.2 Å². The van der Waals surface area contributed by atoms with Gasteiger partial charge in [-0.15, -0.1) is 0 Å². The van der Waals surface area contributed by atoms with E-state index in [0.29, 0.717) is 19.6 Å². The lowest BCUT2D eigenvalue weighted by molar-refractivity contribution is -0.0200. The van der Waals surface area contributed by atoms with E-state index in [1.54, 1.807) is 12.5 Å². The Morgan fingerprint density at radius 2 is 2.30 bits per heavy atom. The number of nitrogens with two attached hydrogens (primary N) is 1. The molecule has 0 radical (unpaired) electrons. The van der Waals surface area contributed by atoms with Crippen LogP contribution in [0.25, 0.3) is 0 Å². The maximum absolute atomic E-state index is 10.8. The van der Waals surface area contributed by atoms with Crippen molar-refractivity contribution in [1.29, 1.82) is 0 Å². The highest BCUT2D eigenvalue weighted by Gasteiger charge is 2.43. The molecule has 20 heavy (non-hydrogen) atoms. The molecule has 5 nitrogen and oxygen atoms in total. The van der Waals surface area contributed by atoms with Crippen molar-refractivity contribution >= 4 is 0 Å². The number of hydrogen-bond donors (Lipinski definition) is 2. The highest BCUT2D eigenvalue weighted by atomic mass is 16.5. The van der Waals surface area contributed by atoms with E-state index in [1.165, 1.54) is 0 Å². The van der Waals surface area contributed by atoms with Gasteiger partial charge in [-0.3, -0.25) is 0 Å². The van der Waals surface area contributed by atoms with E-state index in [0.717, 1.165) is 17.0 Å². The molecule has 2 unspecified atom stereocenters. The van der Waals surface area contributed by atoms with Crippen LogP contribution in [0.1, 0.15) is 17.4 Å². The van der Waals surface area contributed by atoms with Crippen molar-refractivity contribution in [1.82, 2.24) is 9.55 Å². The second-order valence-electron chi connectivity index (χ2n) is 5.47. The summed E-state index contributed by atoms with van der Waals surface area (Å²) >= 11 is 0. The smallest absolute Gasteiger partial charge is 0.122 e. The summed E-state index contributed by atoms with van der Waals surface area (Å²) < 4.78 is 7.64. The summed E-state index contributed by atoms with van der Waals surface area (Å²) in [4.78, 5) is 4.07. The normalized spacial score (nSPS) is 22.9. The third-order valence-corrected chi connectivity index (χ3v) is 4.15. The molecule has 2 atom stereocenters. The van der Waals surface area contributed by atoms with Crippen molar-refractivity contribution < 1.29 is 9.84 Å². The van der Waals surface area contributed by atoms with Gasteiger partial charge in [0.15, 0.2) is 0 Å². The number of ether oxygens (including phenoxy) is 1. The first-order valence-electron chi connectivity index (χ1n) is 6.71. The van der Waals surface area contributed by atoms with E-state index in [4.69, 9.17) is 10.5 Å². The molecule has 1 aliphatic heterocycles.